The molecule has 114 valence electrons. The van der Waals surface area contributed by atoms with Crippen molar-refractivity contribution in [2.45, 2.75) is 6.54 Å². The maximum atomic E-state index is 5.36. The Bertz CT molecular complexity index is 725. The first-order valence-electron chi connectivity index (χ1n) is 7.52. The molecule has 0 atom stereocenters. The smallest absolute Gasteiger partial charge is 0.178 e. The number of morpholine rings is 1. The zero-order chi connectivity index (χ0) is 14.8. The van der Waals surface area contributed by atoms with E-state index in [2.05, 4.69) is 25.0 Å². The monoisotopic (exact) mass is 298 g/mol. The second-order valence-electron chi connectivity index (χ2n) is 5.41. The molecular weight excluding hydrogens is 280 g/mol. The molecule has 0 saturated carbocycles. The van der Waals surface area contributed by atoms with Crippen LogP contribution >= 0.6 is 0 Å². The zero-order valence-corrected chi connectivity index (χ0v) is 12.3. The van der Waals surface area contributed by atoms with Gasteiger partial charge in [-0.2, -0.15) is 5.10 Å². The lowest BCUT2D eigenvalue weighted by molar-refractivity contribution is 0.0360. The molecule has 0 amide bonds. The Kier molecular flexibility index (Phi) is 3.57. The SMILES string of the molecule is c1cnc2nc(-c3cnn(CCN4CCOCC4)c3)[nH]c2c1. The molecule has 1 fully saturated rings. The van der Waals surface area contributed by atoms with Crippen molar-refractivity contribution in [1.82, 2.24) is 29.6 Å². The van der Waals surface area contributed by atoms with Gasteiger partial charge < -0.3 is 9.72 Å². The van der Waals surface area contributed by atoms with Crippen LogP contribution in [-0.4, -0.2) is 62.5 Å². The van der Waals surface area contributed by atoms with Gasteiger partial charge >= 0.3 is 0 Å². The van der Waals surface area contributed by atoms with E-state index in [9.17, 15) is 0 Å². The van der Waals surface area contributed by atoms with Gasteiger partial charge in [0.1, 0.15) is 5.82 Å². The Morgan fingerprint density at radius 2 is 2.14 bits per heavy atom. The number of hydrogen-bond donors (Lipinski definition) is 1. The van der Waals surface area contributed by atoms with Gasteiger partial charge in [-0.3, -0.25) is 9.58 Å². The molecule has 22 heavy (non-hydrogen) atoms. The first-order chi connectivity index (χ1) is 10.9. The summed E-state index contributed by atoms with van der Waals surface area (Å²) in [7, 11) is 0. The minimum Gasteiger partial charge on any atom is -0.379 e. The summed E-state index contributed by atoms with van der Waals surface area (Å²) in [6.07, 6.45) is 5.62. The van der Waals surface area contributed by atoms with Crippen LogP contribution in [0.5, 0.6) is 0 Å². The number of H-pyrrole nitrogens is 1. The molecular formula is C15H18N6O. The Labute approximate surface area is 127 Å². The highest BCUT2D eigenvalue weighted by Crippen LogP contribution is 2.18. The van der Waals surface area contributed by atoms with Crippen LogP contribution in [0.3, 0.4) is 0 Å². The minimum absolute atomic E-state index is 0.735. The van der Waals surface area contributed by atoms with Crippen LogP contribution in [0.4, 0.5) is 0 Å². The van der Waals surface area contributed by atoms with E-state index in [0.717, 1.165) is 61.9 Å². The molecule has 0 radical (unpaired) electrons. The molecule has 0 aliphatic carbocycles. The summed E-state index contributed by atoms with van der Waals surface area (Å²) in [5.41, 5.74) is 2.66. The molecule has 4 rings (SSSR count). The van der Waals surface area contributed by atoms with Gasteiger partial charge in [0.15, 0.2) is 5.65 Å². The van der Waals surface area contributed by atoms with Crippen LogP contribution in [0.1, 0.15) is 0 Å². The number of nitrogens with one attached hydrogen (secondary N) is 1. The summed E-state index contributed by atoms with van der Waals surface area (Å²) in [4.78, 5) is 14.4. The molecule has 3 aromatic rings. The fourth-order valence-corrected chi connectivity index (χ4v) is 2.66. The molecule has 1 aliphatic heterocycles. The number of rotatable bonds is 4. The number of nitrogens with zero attached hydrogens (tertiary/aromatic N) is 5. The van der Waals surface area contributed by atoms with Gasteiger partial charge in [-0.1, -0.05) is 0 Å². The van der Waals surface area contributed by atoms with Gasteiger partial charge in [0.05, 0.1) is 37.0 Å². The average molecular weight is 298 g/mol. The molecule has 0 unspecified atom stereocenters. The van der Waals surface area contributed by atoms with Crippen LogP contribution in [0.25, 0.3) is 22.6 Å². The predicted molar refractivity (Wildman–Crippen MR) is 82.4 cm³/mol. The van der Waals surface area contributed by atoms with E-state index in [1.165, 1.54) is 0 Å². The van der Waals surface area contributed by atoms with Gasteiger partial charge in [0.2, 0.25) is 0 Å². The van der Waals surface area contributed by atoms with E-state index < -0.39 is 0 Å². The standard InChI is InChI=1S/C15H18N6O/c1-2-13-15(16-3-1)19-14(18-13)12-10-17-21(11-12)5-4-20-6-8-22-9-7-20/h1-3,10-11H,4-9H2,(H,16,18,19). The van der Waals surface area contributed by atoms with E-state index in [1.807, 2.05) is 29.2 Å². The molecule has 1 aliphatic rings. The third-order valence-electron chi connectivity index (χ3n) is 3.91. The van der Waals surface area contributed by atoms with Crippen LogP contribution in [0, 0.1) is 0 Å². The summed E-state index contributed by atoms with van der Waals surface area (Å²) in [6.45, 7) is 5.53. The van der Waals surface area contributed by atoms with E-state index in [4.69, 9.17) is 4.74 Å². The summed E-state index contributed by atoms with van der Waals surface area (Å²) in [5, 5.41) is 4.43. The summed E-state index contributed by atoms with van der Waals surface area (Å²) < 4.78 is 7.32. The molecule has 1 saturated heterocycles. The summed E-state index contributed by atoms with van der Waals surface area (Å²) in [5.74, 6) is 0.811. The predicted octanol–water partition coefficient (Wildman–Crippen LogP) is 1.15. The number of aromatic amines is 1. The Hall–Kier alpha value is -2.25. The largest absolute Gasteiger partial charge is 0.379 e. The summed E-state index contributed by atoms with van der Waals surface area (Å²) >= 11 is 0. The lowest BCUT2D eigenvalue weighted by atomic mass is 10.3. The number of pyridine rings is 1. The van der Waals surface area contributed by atoms with Crippen molar-refractivity contribution >= 4 is 11.2 Å². The van der Waals surface area contributed by atoms with Crippen molar-refractivity contribution < 1.29 is 4.74 Å². The number of aromatic nitrogens is 5. The average Bonchev–Trinajstić information content (AvgIpc) is 3.20. The number of fused-ring (bicyclic) bond motifs is 1. The molecule has 0 aromatic carbocycles. The Balaban J connectivity index is 1.46. The maximum absolute atomic E-state index is 5.36. The van der Waals surface area contributed by atoms with E-state index >= 15 is 0 Å². The quantitative estimate of drug-likeness (QED) is 0.782. The van der Waals surface area contributed by atoms with Gasteiger partial charge in [-0.25, -0.2) is 9.97 Å². The van der Waals surface area contributed by atoms with Gasteiger partial charge in [-0.05, 0) is 12.1 Å². The zero-order valence-electron chi connectivity index (χ0n) is 12.3. The third kappa shape index (κ3) is 2.72. The fourth-order valence-electron chi connectivity index (χ4n) is 2.66. The highest BCUT2D eigenvalue weighted by Gasteiger charge is 2.11. The number of ether oxygens (including phenoxy) is 1. The normalized spacial score (nSPS) is 16.4. The van der Waals surface area contributed by atoms with Crippen molar-refractivity contribution in [2.24, 2.45) is 0 Å². The molecule has 0 bridgehead atoms. The van der Waals surface area contributed by atoms with Crippen molar-refractivity contribution in [3.8, 4) is 11.4 Å². The molecule has 4 heterocycles. The van der Waals surface area contributed by atoms with Crippen LogP contribution in [0.15, 0.2) is 30.7 Å². The van der Waals surface area contributed by atoms with Gasteiger partial charge in [-0.15, -0.1) is 0 Å². The lowest BCUT2D eigenvalue weighted by Gasteiger charge is -2.26. The maximum Gasteiger partial charge on any atom is 0.178 e. The lowest BCUT2D eigenvalue weighted by Crippen LogP contribution is -2.38. The topological polar surface area (TPSA) is 71.9 Å². The van der Waals surface area contributed by atoms with Gasteiger partial charge in [0, 0.05) is 32.0 Å². The van der Waals surface area contributed by atoms with Gasteiger partial charge in [0.25, 0.3) is 0 Å². The molecule has 0 spiro atoms. The minimum atomic E-state index is 0.735. The molecule has 7 nitrogen and oxygen atoms in total. The highest BCUT2D eigenvalue weighted by atomic mass is 16.5. The van der Waals surface area contributed by atoms with Crippen molar-refractivity contribution in [2.75, 3.05) is 32.8 Å². The van der Waals surface area contributed by atoms with E-state index in [1.54, 1.807) is 6.20 Å². The van der Waals surface area contributed by atoms with Crippen molar-refractivity contribution in [1.29, 1.82) is 0 Å². The summed E-state index contributed by atoms with van der Waals surface area (Å²) in [6, 6.07) is 3.87. The second-order valence-corrected chi connectivity index (χ2v) is 5.41. The van der Waals surface area contributed by atoms with Crippen molar-refractivity contribution in [3.05, 3.63) is 30.7 Å². The third-order valence-corrected chi connectivity index (χ3v) is 3.91. The highest BCUT2D eigenvalue weighted by molar-refractivity contribution is 5.75. The molecule has 3 aromatic heterocycles. The van der Waals surface area contributed by atoms with E-state index in [-0.39, 0.29) is 0 Å². The van der Waals surface area contributed by atoms with Crippen molar-refractivity contribution in [3.63, 3.8) is 0 Å². The Morgan fingerprint density at radius 3 is 3.00 bits per heavy atom. The Morgan fingerprint density at radius 1 is 1.23 bits per heavy atom. The number of imidazole rings is 1. The number of hydrogen-bond acceptors (Lipinski definition) is 5. The first kappa shape index (κ1) is 13.4. The van der Waals surface area contributed by atoms with E-state index in [0.29, 0.717) is 0 Å². The molecule has 1 N–H and O–H groups in total. The van der Waals surface area contributed by atoms with Crippen LogP contribution in [0.2, 0.25) is 0 Å². The fraction of sp³-hybridized carbons (Fsp3) is 0.400. The van der Waals surface area contributed by atoms with Crippen LogP contribution in [-0.2, 0) is 11.3 Å². The second kappa shape index (κ2) is 5.86. The molecule has 7 heteroatoms. The van der Waals surface area contributed by atoms with Crippen LogP contribution < -0.4 is 0 Å². The first-order valence-corrected chi connectivity index (χ1v) is 7.52.